The molecule has 0 aliphatic rings. The molecule has 1 N–H and O–H groups in total. The third-order valence-corrected chi connectivity index (χ3v) is 9.11. The van der Waals surface area contributed by atoms with Crippen LogP contribution in [0.1, 0.15) is 28.9 Å². The fraction of sp³-hybridized carbons (Fsp3) is 0.152. The minimum absolute atomic E-state index is 0.168. The lowest BCUT2D eigenvalue weighted by Crippen LogP contribution is -2.28. The topological polar surface area (TPSA) is 127 Å². The standard InChI is InChI=1S/C33H27F2N5O5S/c1-18(19-5-10-22(34)11-6-19)40-33(42)25-15-21(9-14-27(25)37-38-40)24-16-26-29(17-28(24)39(3)46(4,43)44)45-31(30(26)32(41)36-2)20-7-12-23(35)13-8-20/h5-18H,1-4H3,(H,36,41)/t18-/m1/s1. The van der Waals surface area contributed by atoms with Crippen LogP contribution in [0.4, 0.5) is 14.5 Å². The number of nitrogens with one attached hydrogen (secondary N) is 1. The normalized spacial score (nSPS) is 12.4. The van der Waals surface area contributed by atoms with Gasteiger partial charge in [0.15, 0.2) is 0 Å². The molecule has 0 aliphatic carbocycles. The fourth-order valence-corrected chi connectivity index (χ4v) is 5.82. The molecule has 0 spiro atoms. The van der Waals surface area contributed by atoms with Gasteiger partial charge in [-0.1, -0.05) is 23.4 Å². The smallest absolute Gasteiger partial charge is 0.278 e. The van der Waals surface area contributed by atoms with E-state index in [2.05, 4.69) is 15.6 Å². The van der Waals surface area contributed by atoms with Crippen molar-refractivity contribution in [2.75, 3.05) is 24.7 Å². The zero-order valence-electron chi connectivity index (χ0n) is 25.1. The van der Waals surface area contributed by atoms with E-state index in [-0.39, 0.29) is 28.0 Å². The summed E-state index contributed by atoms with van der Waals surface area (Å²) in [7, 11) is -0.938. The molecule has 1 atom stereocenters. The number of halogens is 2. The molecule has 0 unspecified atom stereocenters. The van der Waals surface area contributed by atoms with Gasteiger partial charge < -0.3 is 9.73 Å². The van der Waals surface area contributed by atoms with Gasteiger partial charge in [0.05, 0.1) is 28.9 Å². The Bertz CT molecular complexity index is 2320. The molecule has 1 amide bonds. The highest BCUT2D eigenvalue weighted by molar-refractivity contribution is 7.92. The molecule has 0 radical (unpaired) electrons. The maximum absolute atomic E-state index is 13.7. The molecule has 13 heteroatoms. The quantitative estimate of drug-likeness (QED) is 0.243. The molecule has 10 nitrogen and oxygen atoms in total. The van der Waals surface area contributed by atoms with Gasteiger partial charge in [0.1, 0.15) is 28.5 Å². The lowest BCUT2D eigenvalue weighted by atomic mass is 9.97. The monoisotopic (exact) mass is 643 g/mol. The predicted molar refractivity (Wildman–Crippen MR) is 171 cm³/mol. The summed E-state index contributed by atoms with van der Waals surface area (Å²) in [5.41, 5.74) is 2.38. The number of hydrogen-bond acceptors (Lipinski definition) is 7. The SMILES string of the molecule is CNC(=O)c1c(-c2ccc(F)cc2)oc2cc(N(C)S(C)(=O)=O)c(-c3ccc4nnn([C@H](C)c5ccc(F)cc5)c(=O)c4c3)cc12. The number of carbonyl (C=O) groups excluding carboxylic acids is 1. The average molecular weight is 644 g/mol. The molecular weight excluding hydrogens is 616 g/mol. The van der Waals surface area contributed by atoms with Crippen molar-refractivity contribution in [1.29, 1.82) is 0 Å². The first-order valence-electron chi connectivity index (χ1n) is 14.0. The lowest BCUT2D eigenvalue weighted by molar-refractivity contribution is 0.0964. The molecular formula is C33H27F2N5O5S. The highest BCUT2D eigenvalue weighted by Gasteiger charge is 2.26. The van der Waals surface area contributed by atoms with Crippen LogP contribution in [0.5, 0.6) is 0 Å². The Balaban J connectivity index is 1.60. The largest absolute Gasteiger partial charge is 0.455 e. The number of nitrogens with zero attached hydrogens (tertiary/aromatic N) is 4. The van der Waals surface area contributed by atoms with E-state index < -0.39 is 39.2 Å². The summed E-state index contributed by atoms with van der Waals surface area (Å²) >= 11 is 0. The highest BCUT2D eigenvalue weighted by atomic mass is 32.2. The van der Waals surface area contributed by atoms with Crippen molar-refractivity contribution in [3.8, 4) is 22.5 Å². The third-order valence-electron chi connectivity index (χ3n) is 7.92. The van der Waals surface area contributed by atoms with Crippen molar-refractivity contribution in [3.05, 3.63) is 112 Å². The lowest BCUT2D eigenvalue weighted by Gasteiger charge is -2.21. The molecule has 0 bridgehead atoms. The van der Waals surface area contributed by atoms with Crippen LogP contribution in [0.2, 0.25) is 0 Å². The maximum Gasteiger partial charge on any atom is 0.278 e. The summed E-state index contributed by atoms with van der Waals surface area (Å²) in [5, 5.41) is 11.5. The molecule has 2 heterocycles. The molecule has 6 aromatic rings. The van der Waals surface area contributed by atoms with Crippen LogP contribution in [0.15, 0.2) is 88.1 Å². The first kappa shape index (κ1) is 30.6. The summed E-state index contributed by atoms with van der Waals surface area (Å²) < 4.78 is 61.2. The van der Waals surface area contributed by atoms with E-state index in [0.29, 0.717) is 33.2 Å². The van der Waals surface area contributed by atoms with E-state index in [1.165, 1.54) is 61.2 Å². The van der Waals surface area contributed by atoms with Crippen molar-refractivity contribution in [2.24, 2.45) is 0 Å². The zero-order valence-corrected chi connectivity index (χ0v) is 25.9. The van der Waals surface area contributed by atoms with Gasteiger partial charge in [-0.05, 0) is 72.6 Å². The van der Waals surface area contributed by atoms with E-state index in [1.54, 1.807) is 43.3 Å². The Labute approximate surface area is 261 Å². The Hall–Kier alpha value is -5.43. The Morgan fingerprint density at radius 3 is 2.20 bits per heavy atom. The van der Waals surface area contributed by atoms with Gasteiger partial charge in [-0.3, -0.25) is 13.9 Å². The number of rotatable bonds is 7. The van der Waals surface area contributed by atoms with Gasteiger partial charge >= 0.3 is 0 Å². The van der Waals surface area contributed by atoms with Crippen LogP contribution in [-0.2, 0) is 10.0 Å². The molecule has 0 fully saturated rings. The van der Waals surface area contributed by atoms with Crippen LogP contribution in [0.3, 0.4) is 0 Å². The summed E-state index contributed by atoms with van der Waals surface area (Å²) in [6.45, 7) is 1.74. The van der Waals surface area contributed by atoms with E-state index in [0.717, 1.165) is 10.6 Å². The first-order chi connectivity index (χ1) is 21.9. The molecule has 0 saturated heterocycles. The molecule has 6 rings (SSSR count). The van der Waals surface area contributed by atoms with E-state index >= 15 is 0 Å². The van der Waals surface area contributed by atoms with Crippen LogP contribution in [0, 0.1) is 11.6 Å². The molecule has 0 aliphatic heterocycles. The molecule has 4 aromatic carbocycles. The van der Waals surface area contributed by atoms with Gasteiger partial charge in [0.2, 0.25) is 10.0 Å². The number of fused-ring (bicyclic) bond motifs is 2. The first-order valence-corrected chi connectivity index (χ1v) is 15.9. The van der Waals surface area contributed by atoms with Crippen molar-refractivity contribution in [1.82, 2.24) is 20.3 Å². The summed E-state index contributed by atoms with van der Waals surface area (Å²) in [6, 6.07) is 18.6. The van der Waals surface area contributed by atoms with Crippen LogP contribution in [-0.4, -0.2) is 49.7 Å². The Kier molecular flexibility index (Phi) is 7.64. The minimum Gasteiger partial charge on any atom is -0.455 e. The fourth-order valence-electron chi connectivity index (χ4n) is 5.32. The van der Waals surface area contributed by atoms with E-state index in [4.69, 9.17) is 4.42 Å². The Morgan fingerprint density at radius 2 is 1.57 bits per heavy atom. The minimum atomic E-state index is -3.78. The molecule has 234 valence electrons. The maximum atomic E-state index is 13.7. The van der Waals surface area contributed by atoms with Gasteiger partial charge in [-0.15, -0.1) is 5.10 Å². The number of carbonyl (C=O) groups is 1. The predicted octanol–water partition coefficient (Wildman–Crippen LogP) is 5.51. The number of anilines is 1. The number of sulfonamides is 1. The van der Waals surface area contributed by atoms with Crippen LogP contribution in [0.25, 0.3) is 44.3 Å². The highest BCUT2D eigenvalue weighted by Crippen LogP contribution is 2.41. The van der Waals surface area contributed by atoms with Crippen molar-refractivity contribution in [2.45, 2.75) is 13.0 Å². The number of furan rings is 1. The molecule has 2 aromatic heterocycles. The summed E-state index contributed by atoms with van der Waals surface area (Å²) in [6.07, 6.45) is 1.05. The van der Waals surface area contributed by atoms with Crippen molar-refractivity contribution < 1.29 is 26.4 Å². The second-order valence-corrected chi connectivity index (χ2v) is 12.8. The van der Waals surface area contributed by atoms with Crippen LogP contribution >= 0.6 is 0 Å². The van der Waals surface area contributed by atoms with Gasteiger partial charge in [0, 0.05) is 36.7 Å². The number of amides is 1. The average Bonchev–Trinajstić information content (AvgIpc) is 3.42. The van der Waals surface area contributed by atoms with Crippen molar-refractivity contribution in [3.63, 3.8) is 0 Å². The van der Waals surface area contributed by atoms with E-state index in [9.17, 15) is 26.8 Å². The number of aromatic nitrogens is 3. The number of benzene rings is 4. The zero-order chi connectivity index (χ0) is 32.9. The summed E-state index contributed by atoms with van der Waals surface area (Å²) in [5.74, 6) is -1.18. The summed E-state index contributed by atoms with van der Waals surface area (Å²) in [4.78, 5) is 26.9. The molecule has 0 saturated carbocycles. The number of hydrogen-bond donors (Lipinski definition) is 1. The third kappa shape index (κ3) is 5.38. The van der Waals surface area contributed by atoms with Gasteiger partial charge in [-0.25, -0.2) is 21.9 Å². The van der Waals surface area contributed by atoms with Gasteiger partial charge in [0.25, 0.3) is 11.5 Å². The van der Waals surface area contributed by atoms with E-state index in [1.807, 2.05) is 0 Å². The van der Waals surface area contributed by atoms with Crippen molar-refractivity contribution >= 4 is 43.5 Å². The van der Waals surface area contributed by atoms with Gasteiger partial charge in [-0.2, -0.15) is 0 Å². The molecule has 46 heavy (non-hydrogen) atoms. The second-order valence-electron chi connectivity index (χ2n) is 10.8. The Morgan fingerprint density at radius 1 is 0.935 bits per heavy atom. The van der Waals surface area contributed by atoms with Crippen LogP contribution < -0.4 is 15.2 Å². The second kappa shape index (κ2) is 11.5.